The first kappa shape index (κ1) is 40.6. The van der Waals surface area contributed by atoms with Crippen LogP contribution in [0, 0.1) is 0 Å². The van der Waals surface area contributed by atoms with Crippen LogP contribution in [0.5, 0.6) is 0 Å². The molecular formula is C68H42N2O. The quantitative estimate of drug-likeness (QED) is 0.160. The molecule has 3 heteroatoms. The van der Waals surface area contributed by atoms with Gasteiger partial charge < -0.3 is 4.42 Å². The van der Waals surface area contributed by atoms with Gasteiger partial charge >= 0.3 is 0 Å². The Labute approximate surface area is 410 Å². The maximum absolute atomic E-state index is 6.53. The van der Waals surface area contributed by atoms with E-state index in [9.17, 15) is 0 Å². The van der Waals surface area contributed by atoms with Crippen molar-refractivity contribution in [3.05, 3.63) is 255 Å². The summed E-state index contributed by atoms with van der Waals surface area (Å²) in [5.41, 5.74) is 16.2. The van der Waals surface area contributed by atoms with Crippen molar-refractivity contribution in [3.8, 4) is 78.4 Å². The van der Waals surface area contributed by atoms with E-state index in [0.717, 1.165) is 122 Å². The number of benzene rings is 11. The molecule has 0 aliphatic heterocycles. The van der Waals surface area contributed by atoms with Gasteiger partial charge in [-0.25, -0.2) is 9.97 Å². The van der Waals surface area contributed by atoms with Gasteiger partial charge in [-0.3, -0.25) is 0 Å². The third-order valence-electron chi connectivity index (χ3n) is 14.2. The number of pyridine rings is 2. The van der Waals surface area contributed by atoms with Gasteiger partial charge in [0, 0.05) is 33.0 Å². The number of fused-ring (bicyclic) bond motifs is 7. The fourth-order valence-corrected chi connectivity index (χ4v) is 10.9. The van der Waals surface area contributed by atoms with Crippen molar-refractivity contribution in [1.29, 1.82) is 0 Å². The van der Waals surface area contributed by atoms with Crippen LogP contribution in [-0.2, 0) is 0 Å². The Bertz CT molecular complexity index is 3990. The summed E-state index contributed by atoms with van der Waals surface area (Å²) in [6.07, 6.45) is 0. The lowest BCUT2D eigenvalue weighted by atomic mass is 9.89. The monoisotopic (exact) mass is 902 g/mol. The lowest BCUT2D eigenvalue weighted by Crippen LogP contribution is -1.95. The molecule has 3 heterocycles. The smallest absolute Gasteiger partial charge is 0.136 e. The van der Waals surface area contributed by atoms with Gasteiger partial charge in [0.2, 0.25) is 0 Å². The van der Waals surface area contributed by atoms with Gasteiger partial charge in [-0.1, -0.05) is 200 Å². The zero-order valence-electron chi connectivity index (χ0n) is 38.6. The van der Waals surface area contributed by atoms with Gasteiger partial charge in [0.05, 0.1) is 22.8 Å². The van der Waals surface area contributed by atoms with Crippen LogP contribution in [0.25, 0.3) is 143 Å². The van der Waals surface area contributed by atoms with Gasteiger partial charge in [0.25, 0.3) is 0 Å². The highest BCUT2D eigenvalue weighted by molar-refractivity contribution is 6.13. The summed E-state index contributed by atoms with van der Waals surface area (Å²) in [5.74, 6) is 0. The molecule has 3 nitrogen and oxygen atoms in total. The van der Waals surface area contributed by atoms with E-state index in [-0.39, 0.29) is 0 Å². The van der Waals surface area contributed by atoms with Gasteiger partial charge in [-0.05, 0) is 131 Å². The number of para-hydroxylation sites is 1. The Balaban J connectivity index is 1.07. The average Bonchev–Trinajstić information content (AvgIpc) is 3.83. The molecule has 0 radical (unpaired) electrons. The van der Waals surface area contributed by atoms with Crippen molar-refractivity contribution in [1.82, 2.24) is 9.97 Å². The van der Waals surface area contributed by atoms with Gasteiger partial charge in [-0.15, -0.1) is 0 Å². The van der Waals surface area contributed by atoms with E-state index in [1.165, 1.54) is 21.5 Å². The predicted octanol–water partition coefficient (Wildman–Crippen LogP) is 18.7. The minimum atomic E-state index is 0.858. The first-order valence-electron chi connectivity index (χ1n) is 24.2. The number of nitrogens with zero attached hydrogens (tertiary/aromatic N) is 2. The summed E-state index contributed by atoms with van der Waals surface area (Å²) in [5, 5.41) is 11.5. The lowest BCUT2D eigenvalue weighted by molar-refractivity contribution is 0.669. The topological polar surface area (TPSA) is 38.9 Å². The summed E-state index contributed by atoms with van der Waals surface area (Å²) in [7, 11) is 0. The molecule has 3 aromatic heterocycles. The molecule has 0 N–H and O–H groups in total. The second kappa shape index (κ2) is 16.7. The minimum absolute atomic E-state index is 0.858. The van der Waals surface area contributed by atoms with Gasteiger partial charge in [0.15, 0.2) is 0 Å². The molecule has 0 aliphatic carbocycles. The van der Waals surface area contributed by atoms with Gasteiger partial charge in [0.1, 0.15) is 11.2 Å². The van der Waals surface area contributed by atoms with E-state index in [1.807, 2.05) is 6.07 Å². The highest BCUT2D eigenvalue weighted by Crippen LogP contribution is 2.44. The van der Waals surface area contributed by atoms with Gasteiger partial charge in [-0.2, -0.15) is 0 Å². The molecule has 0 fully saturated rings. The Morgan fingerprint density at radius 3 is 0.944 bits per heavy atom. The molecule has 0 atom stereocenters. The zero-order valence-corrected chi connectivity index (χ0v) is 38.6. The molecule has 0 saturated heterocycles. The standard InChI is InChI=1S/C68H42N2O/c1-5-24-52-43(16-1)20-11-30-57(52)62-39-49(40-63(69-62)58-31-12-21-44-17-2-6-25-53(44)58)47-36-48(38-51(37-47)56-29-15-35-67-68(56)61-28-9-10-34-66(61)71-67)50-41-64(59-32-13-22-45-18-3-7-26-54(45)59)70-65(42-50)60-33-14-23-46-19-4-8-27-55(46)60/h1-42H. The summed E-state index contributed by atoms with van der Waals surface area (Å²) >= 11 is 0. The van der Waals surface area contributed by atoms with E-state index < -0.39 is 0 Å². The fourth-order valence-electron chi connectivity index (χ4n) is 10.9. The van der Waals surface area contributed by atoms with E-state index in [1.54, 1.807) is 0 Å². The molecule has 14 rings (SSSR count). The van der Waals surface area contributed by atoms with E-state index in [4.69, 9.17) is 14.4 Å². The molecule has 0 saturated carbocycles. The molecule has 330 valence electrons. The van der Waals surface area contributed by atoms with Crippen molar-refractivity contribution in [2.75, 3.05) is 0 Å². The Morgan fingerprint density at radius 1 is 0.225 bits per heavy atom. The number of hydrogen-bond donors (Lipinski definition) is 0. The second-order valence-electron chi connectivity index (χ2n) is 18.4. The van der Waals surface area contributed by atoms with Crippen LogP contribution in [0.4, 0.5) is 0 Å². The number of aromatic nitrogens is 2. The van der Waals surface area contributed by atoms with Crippen molar-refractivity contribution in [3.63, 3.8) is 0 Å². The minimum Gasteiger partial charge on any atom is -0.456 e. The van der Waals surface area contributed by atoms with Crippen LogP contribution >= 0.6 is 0 Å². The normalized spacial score (nSPS) is 11.7. The Morgan fingerprint density at radius 2 is 0.521 bits per heavy atom. The zero-order chi connectivity index (χ0) is 46.8. The molecule has 11 aromatic carbocycles. The van der Waals surface area contributed by atoms with Crippen LogP contribution in [0.1, 0.15) is 0 Å². The molecule has 14 aromatic rings. The predicted molar refractivity (Wildman–Crippen MR) is 297 cm³/mol. The van der Waals surface area contributed by atoms with Crippen LogP contribution < -0.4 is 0 Å². The lowest BCUT2D eigenvalue weighted by Gasteiger charge is -2.17. The Kier molecular flexibility index (Phi) is 9.53. The second-order valence-corrected chi connectivity index (χ2v) is 18.4. The third-order valence-corrected chi connectivity index (χ3v) is 14.2. The van der Waals surface area contributed by atoms with Crippen molar-refractivity contribution in [2.45, 2.75) is 0 Å². The number of rotatable bonds is 7. The van der Waals surface area contributed by atoms with Crippen molar-refractivity contribution >= 4 is 65.0 Å². The molecule has 0 unspecified atom stereocenters. The van der Waals surface area contributed by atoms with E-state index in [2.05, 4.69) is 249 Å². The first-order valence-corrected chi connectivity index (χ1v) is 24.2. The average molecular weight is 903 g/mol. The van der Waals surface area contributed by atoms with Crippen molar-refractivity contribution < 1.29 is 4.42 Å². The summed E-state index contributed by atoms with van der Waals surface area (Å²) in [4.78, 5) is 11.1. The molecule has 71 heavy (non-hydrogen) atoms. The highest BCUT2D eigenvalue weighted by Gasteiger charge is 2.20. The Hall–Kier alpha value is -9.44. The molecular weight excluding hydrogens is 861 g/mol. The third kappa shape index (κ3) is 7.06. The summed E-state index contributed by atoms with van der Waals surface area (Å²) in [6.45, 7) is 0. The van der Waals surface area contributed by atoms with Crippen LogP contribution in [-0.4, -0.2) is 9.97 Å². The van der Waals surface area contributed by atoms with Crippen LogP contribution in [0.2, 0.25) is 0 Å². The number of hydrogen-bond acceptors (Lipinski definition) is 3. The largest absolute Gasteiger partial charge is 0.456 e. The maximum atomic E-state index is 6.53. The fraction of sp³-hybridized carbons (Fsp3) is 0. The SMILES string of the molecule is c1ccc2c(-c3cc(-c4cc(-c5cc(-c6cccc7ccccc67)nc(-c6cccc7ccccc67)c5)cc(-c5cccc6oc7ccccc7c56)c4)cc(-c4cccc5ccccc45)n3)cccc2c1. The molecule has 0 amide bonds. The summed E-state index contributed by atoms with van der Waals surface area (Å²) in [6, 6.07) is 91.5. The van der Waals surface area contributed by atoms with Crippen LogP contribution in [0.15, 0.2) is 259 Å². The summed E-state index contributed by atoms with van der Waals surface area (Å²) < 4.78 is 6.53. The first-order chi connectivity index (χ1) is 35.2. The van der Waals surface area contributed by atoms with Crippen molar-refractivity contribution in [2.24, 2.45) is 0 Å². The molecule has 0 bridgehead atoms. The maximum Gasteiger partial charge on any atom is 0.136 e. The molecule has 0 aliphatic rings. The molecule has 0 spiro atoms. The van der Waals surface area contributed by atoms with E-state index in [0.29, 0.717) is 0 Å². The number of furan rings is 1. The van der Waals surface area contributed by atoms with E-state index >= 15 is 0 Å². The highest BCUT2D eigenvalue weighted by atomic mass is 16.3. The van der Waals surface area contributed by atoms with Crippen LogP contribution in [0.3, 0.4) is 0 Å².